The maximum atomic E-state index is 10.2. The van der Waals surface area contributed by atoms with Crippen LogP contribution < -0.4 is 5.32 Å². The van der Waals surface area contributed by atoms with Gasteiger partial charge in [-0.1, -0.05) is 11.6 Å². The maximum absolute atomic E-state index is 10.2. The first-order valence-corrected chi connectivity index (χ1v) is 12.3. The van der Waals surface area contributed by atoms with Gasteiger partial charge in [-0.2, -0.15) is 10.4 Å². The van der Waals surface area contributed by atoms with Gasteiger partial charge < -0.3 is 15.2 Å². The molecule has 2 atom stereocenters. The Labute approximate surface area is 209 Å². The largest absolute Gasteiger partial charge is 0.389 e. The quantitative estimate of drug-likeness (QED) is 0.550. The van der Waals surface area contributed by atoms with Crippen molar-refractivity contribution in [2.45, 2.75) is 57.2 Å². The molecule has 2 aromatic heterocycles. The van der Waals surface area contributed by atoms with E-state index in [1.54, 1.807) is 17.1 Å². The first kappa shape index (κ1) is 23.9. The summed E-state index contributed by atoms with van der Waals surface area (Å²) in [6, 6.07) is 6.38. The molecule has 2 unspecified atom stereocenters. The van der Waals surface area contributed by atoms with Gasteiger partial charge in [-0.25, -0.2) is 14.6 Å². The van der Waals surface area contributed by atoms with E-state index in [-0.39, 0.29) is 6.04 Å². The van der Waals surface area contributed by atoms with Gasteiger partial charge in [-0.05, 0) is 70.3 Å². The lowest BCUT2D eigenvalue weighted by atomic mass is 9.88. The van der Waals surface area contributed by atoms with Crippen molar-refractivity contribution < 1.29 is 9.84 Å². The molecule has 2 aliphatic rings. The highest BCUT2D eigenvalue weighted by molar-refractivity contribution is 6.32. The molecule has 2 N–H and O–H groups in total. The molecule has 2 fully saturated rings. The molecule has 2 saturated heterocycles. The molecule has 4 heterocycles. The molecule has 9 nitrogen and oxygen atoms in total. The molecule has 35 heavy (non-hydrogen) atoms. The van der Waals surface area contributed by atoms with Crippen molar-refractivity contribution in [3.63, 3.8) is 0 Å². The number of anilines is 2. The molecule has 184 valence electrons. The van der Waals surface area contributed by atoms with Gasteiger partial charge in [0.2, 0.25) is 5.95 Å². The zero-order valence-electron chi connectivity index (χ0n) is 20.2. The van der Waals surface area contributed by atoms with Crippen LogP contribution in [0.4, 0.5) is 11.6 Å². The fourth-order valence-corrected chi connectivity index (χ4v) is 5.45. The van der Waals surface area contributed by atoms with Gasteiger partial charge in [0.15, 0.2) is 0 Å². The molecule has 0 amide bonds. The van der Waals surface area contributed by atoms with Crippen LogP contribution in [0, 0.1) is 18.3 Å². The third-order valence-electron chi connectivity index (χ3n) is 7.22. The van der Waals surface area contributed by atoms with Gasteiger partial charge in [0.25, 0.3) is 0 Å². The minimum atomic E-state index is -0.752. The fraction of sp³-hybridized carbons (Fsp3) is 0.520. The number of nitrogens with zero attached hydrogens (tertiary/aromatic N) is 6. The standard InChI is InChI=1S/C25H30ClN7O2/c1-15-21(11-29-33(15)25(2,3)14-27)31-24-28-10-17-8-19(26)18(9-20(17)30-24)16-4-6-32(7-5-16)22-12-35-13-23(22)34/h8-11,16,22-23,34H,4-7,12-13H2,1-3H3,(H,28,30,31). The van der Waals surface area contributed by atoms with Crippen LogP contribution in [0.15, 0.2) is 24.5 Å². The summed E-state index contributed by atoms with van der Waals surface area (Å²) in [5, 5.41) is 28.8. The van der Waals surface area contributed by atoms with Crippen LogP contribution in [-0.2, 0) is 10.3 Å². The molecule has 2 aliphatic heterocycles. The van der Waals surface area contributed by atoms with Crippen molar-refractivity contribution >= 4 is 34.1 Å². The molecule has 0 bridgehead atoms. The minimum Gasteiger partial charge on any atom is -0.389 e. The van der Waals surface area contributed by atoms with Crippen LogP contribution in [0.2, 0.25) is 5.02 Å². The minimum absolute atomic E-state index is 0.0935. The van der Waals surface area contributed by atoms with E-state index in [1.165, 1.54) is 0 Å². The van der Waals surface area contributed by atoms with Crippen LogP contribution >= 0.6 is 11.6 Å². The molecule has 0 aliphatic carbocycles. The van der Waals surface area contributed by atoms with Gasteiger partial charge in [-0.3, -0.25) is 4.90 Å². The van der Waals surface area contributed by atoms with Crippen molar-refractivity contribution in [2.75, 3.05) is 31.6 Å². The number of hydrogen-bond donors (Lipinski definition) is 2. The van der Waals surface area contributed by atoms with E-state index in [1.807, 2.05) is 26.8 Å². The molecule has 5 rings (SSSR count). The lowest BCUT2D eigenvalue weighted by Crippen LogP contribution is -2.46. The Morgan fingerprint density at radius 1 is 1.23 bits per heavy atom. The second kappa shape index (κ2) is 9.36. The number of likely N-dealkylation sites (tertiary alicyclic amines) is 1. The predicted molar refractivity (Wildman–Crippen MR) is 134 cm³/mol. The van der Waals surface area contributed by atoms with Crippen LogP contribution in [0.25, 0.3) is 10.9 Å². The number of piperidine rings is 1. The third kappa shape index (κ3) is 4.59. The van der Waals surface area contributed by atoms with Gasteiger partial charge in [0.05, 0.1) is 54.5 Å². The fourth-order valence-electron chi connectivity index (χ4n) is 5.13. The molecular formula is C25H30ClN7O2. The Kier molecular flexibility index (Phi) is 6.40. The number of aliphatic hydroxyl groups excluding tert-OH is 1. The van der Waals surface area contributed by atoms with Crippen molar-refractivity contribution in [2.24, 2.45) is 0 Å². The average molecular weight is 496 g/mol. The first-order valence-electron chi connectivity index (χ1n) is 12.0. The molecule has 3 aromatic rings. The van der Waals surface area contributed by atoms with Crippen molar-refractivity contribution in [1.29, 1.82) is 5.26 Å². The van der Waals surface area contributed by atoms with E-state index in [2.05, 4.69) is 32.4 Å². The third-order valence-corrected chi connectivity index (χ3v) is 7.54. The molecule has 0 spiro atoms. The Morgan fingerprint density at radius 3 is 2.69 bits per heavy atom. The summed E-state index contributed by atoms with van der Waals surface area (Å²) in [5.74, 6) is 0.802. The highest BCUT2D eigenvalue weighted by atomic mass is 35.5. The lowest BCUT2D eigenvalue weighted by Gasteiger charge is -2.36. The Morgan fingerprint density at radius 2 is 2.00 bits per heavy atom. The topological polar surface area (TPSA) is 112 Å². The van der Waals surface area contributed by atoms with Crippen LogP contribution in [0.3, 0.4) is 0 Å². The molecule has 1 aromatic carbocycles. The summed E-state index contributed by atoms with van der Waals surface area (Å²) in [6.07, 6.45) is 4.99. The van der Waals surface area contributed by atoms with Crippen molar-refractivity contribution in [3.05, 3.63) is 40.8 Å². The van der Waals surface area contributed by atoms with E-state index in [4.69, 9.17) is 21.3 Å². The van der Waals surface area contributed by atoms with E-state index in [0.717, 1.165) is 58.8 Å². The Bertz CT molecular complexity index is 1280. The number of aliphatic hydroxyl groups is 1. The zero-order valence-corrected chi connectivity index (χ0v) is 21.0. The summed E-state index contributed by atoms with van der Waals surface area (Å²) in [7, 11) is 0. The Balaban J connectivity index is 1.35. The van der Waals surface area contributed by atoms with Gasteiger partial charge in [0, 0.05) is 16.6 Å². The second-order valence-corrected chi connectivity index (χ2v) is 10.4. The number of fused-ring (bicyclic) bond motifs is 1. The molecule has 0 saturated carbocycles. The van der Waals surface area contributed by atoms with Crippen LogP contribution in [0.5, 0.6) is 0 Å². The maximum Gasteiger partial charge on any atom is 0.227 e. The average Bonchev–Trinajstić information content (AvgIpc) is 3.44. The number of nitrogens with one attached hydrogen (secondary N) is 1. The number of benzene rings is 1. The van der Waals surface area contributed by atoms with E-state index in [0.29, 0.717) is 25.1 Å². The van der Waals surface area contributed by atoms with E-state index >= 15 is 0 Å². The number of nitriles is 1. The van der Waals surface area contributed by atoms with Crippen LogP contribution in [-0.4, -0.2) is 68.2 Å². The normalized spacial score (nSPS) is 21.9. The zero-order chi connectivity index (χ0) is 24.7. The SMILES string of the molecule is Cc1c(Nc2ncc3cc(Cl)c(C4CCN(C5COCC5O)CC4)cc3n2)cnn1C(C)(C)C#N. The molecule has 0 radical (unpaired) electrons. The van der Waals surface area contributed by atoms with Gasteiger partial charge >= 0.3 is 0 Å². The number of rotatable bonds is 5. The van der Waals surface area contributed by atoms with Crippen LogP contribution in [0.1, 0.15) is 43.9 Å². The van der Waals surface area contributed by atoms with Gasteiger partial charge in [-0.15, -0.1) is 0 Å². The van der Waals surface area contributed by atoms with Gasteiger partial charge in [0.1, 0.15) is 5.54 Å². The van der Waals surface area contributed by atoms with Crippen molar-refractivity contribution in [3.8, 4) is 6.07 Å². The summed E-state index contributed by atoms with van der Waals surface area (Å²) < 4.78 is 7.13. The highest BCUT2D eigenvalue weighted by Crippen LogP contribution is 2.36. The van der Waals surface area contributed by atoms with E-state index in [9.17, 15) is 10.4 Å². The van der Waals surface area contributed by atoms with E-state index < -0.39 is 11.6 Å². The summed E-state index contributed by atoms with van der Waals surface area (Å²) in [5.41, 5.74) is 2.77. The highest BCUT2D eigenvalue weighted by Gasteiger charge is 2.34. The smallest absolute Gasteiger partial charge is 0.227 e. The first-order chi connectivity index (χ1) is 16.8. The summed E-state index contributed by atoms with van der Waals surface area (Å²) in [4.78, 5) is 11.5. The number of hydrogen-bond acceptors (Lipinski definition) is 8. The molecule has 10 heteroatoms. The molecular weight excluding hydrogens is 466 g/mol. The van der Waals surface area contributed by atoms with Crippen molar-refractivity contribution in [1.82, 2.24) is 24.6 Å². The number of halogens is 1. The Hall–Kier alpha value is -2.77. The lowest BCUT2D eigenvalue weighted by molar-refractivity contribution is 0.0663. The number of aromatic nitrogens is 4. The monoisotopic (exact) mass is 495 g/mol. The number of ether oxygens (including phenoxy) is 1. The summed E-state index contributed by atoms with van der Waals surface area (Å²) >= 11 is 6.69. The second-order valence-electron chi connectivity index (χ2n) is 9.96. The predicted octanol–water partition coefficient (Wildman–Crippen LogP) is 3.73. The summed E-state index contributed by atoms with van der Waals surface area (Å²) in [6.45, 7) is 8.39.